The van der Waals surface area contributed by atoms with Crippen LogP contribution in [0.25, 0.3) is 0 Å². The van der Waals surface area contributed by atoms with Crippen LogP contribution in [-0.2, 0) is 43.5 Å². The maximum Gasteiger partial charge on any atom is 0.305 e. The molecule has 2 rings (SSSR count). The van der Waals surface area contributed by atoms with E-state index < -0.39 is 12.2 Å². The van der Waals surface area contributed by atoms with Crippen LogP contribution in [0, 0.1) is 23.7 Å². The van der Waals surface area contributed by atoms with Gasteiger partial charge in [0.2, 0.25) is 0 Å². The van der Waals surface area contributed by atoms with E-state index in [2.05, 4.69) is 41.5 Å². The van der Waals surface area contributed by atoms with Crippen LogP contribution in [0.15, 0.2) is 48.5 Å². The molecule has 61 heavy (non-hydrogen) atoms. The van der Waals surface area contributed by atoms with Crippen molar-refractivity contribution in [1.82, 2.24) is 0 Å². The van der Waals surface area contributed by atoms with Gasteiger partial charge in [0.1, 0.15) is 50.1 Å². The lowest BCUT2D eigenvalue weighted by Crippen LogP contribution is -2.25. The molecule has 0 aliphatic rings. The molecule has 2 N–H and O–H groups in total. The van der Waals surface area contributed by atoms with Crippen molar-refractivity contribution >= 4 is 23.9 Å². The summed E-state index contributed by atoms with van der Waals surface area (Å²) in [6.45, 7) is 21.5. The fourth-order valence-corrected chi connectivity index (χ4v) is 5.45. The third-order valence-electron chi connectivity index (χ3n) is 9.68. The average Bonchev–Trinajstić information content (AvgIpc) is 3.22. The number of hydrogen-bond donors (Lipinski definition) is 2. The Labute approximate surface area is 366 Å². The predicted octanol–water partition coefficient (Wildman–Crippen LogP) is 9.18. The molecular formula is C49H78O12. The van der Waals surface area contributed by atoms with Crippen molar-refractivity contribution in [3.8, 4) is 11.5 Å². The van der Waals surface area contributed by atoms with Crippen molar-refractivity contribution in [3.05, 3.63) is 59.7 Å². The van der Waals surface area contributed by atoms with E-state index in [9.17, 15) is 29.4 Å². The van der Waals surface area contributed by atoms with Crippen LogP contribution in [0.2, 0.25) is 0 Å². The zero-order valence-corrected chi connectivity index (χ0v) is 38.9. The zero-order chi connectivity index (χ0) is 45.8. The van der Waals surface area contributed by atoms with Gasteiger partial charge in [0.25, 0.3) is 0 Å². The van der Waals surface area contributed by atoms with Gasteiger partial charge in [-0.1, -0.05) is 93.5 Å². The smallest absolute Gasteiger partial charge is 0.305 e. The van der Waals surface area contributed by atoms with Crippen molar-refractivity contribution in [3.63, 3.8) is 0 Å². The molecule has 0 saturated heterocycles. The third-order valence-corrected chi connectivity index (χ3v) is 9.68. The summed E-state index contributed by atoms with van der Waals surface area (Å²) in [6.07, 6.45) is 4.60. The lowest BCUT2D eigenvalue weighted by molar-refractivity contribution is -0.148. The minimum Gasteiger partial charge on any atom is -0.491 e. The zero-order valence-electron chi connectivity index (χ0n) is 38.9. The van der Waals surface area contributed by atoms with E-state index in [1.165, 1.54) is 0 Å². The maximum absolute atomic E-state index is 11.7. The van der Waals surface area contributed by atoms with Crippen LogP contribution in [0.1, 0.15) is 145 Å². The molecule has 0 spiro atoms. The number of unbranched alkanes of at least 4 members (excludes halogenated alkanes) is 1. The van der Waals surface area contributed by atoms with Gasteiger partial charge >= 0.3 is 23.9 Å². The first kappa shape index (κ1) is 54.9. The number of esters is 4. The number of aliphatic hydroxyl groups excluding tert-OH is 2. The van der Waals surface area contributed by atoms with Crippen molar-refractivity contribution in [2.75, 3.05) is 39.6 Å². The Balaban J connectivity index is 0.000000782. The van der Waals surface area contributed by atoms with E-state index in [4.69, 9.17) is 28.4 Å². The molecule has 12 heteroatoms. The van der Waals surface area contributed by atoms with Crippen LogP contribution in [-0.4, -0.2) is 85.9 Å². The fraction of sp³-hybridized carbons (Fsp3) is 0.673. The Hall–Kier alpha value is -4.16. The Bertz CT molecular complexity index is 1390. The minimum atomic E-state index is -0.902. The van der Waals surface area contributed by atoms with Gasteiger partial charge in [-0.3, -0.25) is 19.2 Å². The van der Waals surface area contributed by atoms with Crippen LogP contribution in [0.4, 0.5) is 0 Å². The largest absolute Gasteiger partial charge is 0.491 e. The van der Waals surface area contributed by atoms with Gasteiger partial charge in [-0.05, 0) is 97.6 Å². The summed E-state index contributed by atoms with van der Waals surface area (Å²) in [5.41, 5.74) is 1.85. The molecule has 0 aliphatic heterocycles. The Morgan fingerprint density at radius 2 is 0.738 bits per heavy atom. The second-order valence-electron chi connectivity index (χ2n) is 17.8. The first-order valence-corrected chi connectivity index (χ1v) is 22.2. The topological polar surface area (TPSA) is 164 Å². The summed E-state index contributed by atoms with van der Waals surface area (Å²) in [5.74, 6) is 2.23. The number of rotatable bonds is 29. The van der Waals surface area contributed by atoms with Gasteiger partial charge in [-0.25, -0.2) is 0 Å². The molecule has 0 fully saturated rings. The number of carbonyl (C=O) groups excluding carboxylic acids is 4. The second-order valence-corrected chi connectivity index (χ2v) is 17.8. The van der Waals surface area contributed by atoms with Gasteiger partial charge in [-0.15, -0.1) is 0 Å². The normalized spacial score (nSPS) is 12.4. The highest BCUT2D eigenvalue weighted by molar-refractivity contribution is 5.70. The Kier molecular flexibility index (Phi) is 27.7. The molecule has 0 aliphatic carbocycles. The van der Waals surface area contributed by atoms with Gasteiger partial charge in [0.15, 0.2) is 0 Å². The highest BCUT2D eigenvalue weighted by Crippen LogP contribution is 2.33. The van der Waals surface area contributed by atoms with E-state index in [1.54, 1.807) is 0 Å². The molecule has 346 valence electrons. The number of ether oxygens (including phenoxy) is 6. The molecule has 0 amide bonds. The molecular weight excluding hydrogens is 781 g/mol. The monoisotopic (exact) mass is 859 g/mol. The SMILES string of the molecule is CC(C)CCC(=O)OCC(O)COc1ccc(C(C)(C)c2ccc(OCC(O)COC(=O)CCC(C)C)cc2)cc1.CC(C)CCC(=O)OCCCCOC(=O)CCC(C)C. The fourth-order valence-electron chi connectivity index (χ4n) is 5.45. The summed E-state index contributed by atoms with van der Waals surface area (Å²) in [5, 5.41) is 20.2. The standard InChI is InChI=1S/C33H48O8.C16H30O4/c1-23(2)7-17-31(36)40-21-27(34)19-38-29-13-9-25(10-14-29)33(5,6)26-11-15-30(16-12-26)39-20-28(35)22-41-32(37)18-8-24(3)4;1-13(2)7-9-15(17)19-11-5-6-12-20-16(18)10-8-14(3)4/h9-16,23-24,27-28,34-35H,7-8,17-22H2,1-6H3;13-14H,5-12H2,1-4H3. The van der Waals surface area contributed by atoms with Crippen LogP contribution < -0.4 is 9.47 Å². The highest BCUT2D eigenvalue weighted by Gasteiger charge is 2.23. The van der Waals surface area contributed by atoms with E-state index in [0.29, 0.717) is 74.1 Å². The Morgan fingerprint density at radius 1 is 0.459 bits per heavy atom. The Morgan fingerprint density at radius 3 is 1.02 bits per heavy atom. The maximum atomic E-state index is 11.7. The minimum absolute atomic E-state index is 0.0247. The van der Waals surface area contributed by atoms with E-state index in [1.807, 2.05) is 76.2 Å². The van der Waals surface area contributed by atoms with Crippen molar-refractivity contribution in [1.29, 1.82) is 0 Å². The van der Waals surface area contributed by atoms with Gasteiger partial charge < -0.3 is 38.6 Å². The predicted molar refractivity (Wildman–Crippen MR) is 237 cm³/mol. The molecule has 0 aromatic heterocycles. The van der Waals surface area contributed by atoms with Crippen LogP contribution >= 0.6 is 0 Å². The van der Waals surface area contributed by atoms with Gasteiger partial charge in [-0.2, -0.15) is 0 Å². The molecule has 2 unspecified atom stereocenters. The van der Waals surface area contributed by atoms with Crippen molar-refractivity contribution in [2.24, 2.45) is 23.7 Å². The number of benzene rings is 2. The molecule has 0 bridgehead atoms. The van der Waals surface area contributed by atoms with Crippen LogP contribution in [0.5, 0.6) is 11.5 Å². The molecule has 2 atom stereocenters. The van der Waals surface area contributed by atoms with E-state index >= 15 is 0 Å². The van der Waals surface area contributed by atoms with Crippen LogP contribution in [0.3, 0.4) is 0 Å². The van der Waals surface area contributed by atoms with Crippen molar-refractivity contribution < 1.29 is 57.8 Å². The molecule has 0 radical (unpaired) electrons. The lowest BCUT2D eigenvalue weighted by Gasteiger charge is -2.26. The summed E-state index contributed by atoms with van der Waals surface area (Å²) >= 11 is 0. The molecule has 2 aromatic rings. The number of aliphatic hydroxyl groups is 2. The molecule has 2 aromatic carbocycles. The van der Waals surface area contributed by atoms with E-state index in [0.717, 1.165) is 49.7 Å². The summed E-state index contributed by atoms with van der Waals surface area (Å²) in [7, 11) is 0. The number of hydrogen-bond acceptors (Lipinski definition) is 12. The summed E-state index contributed by atoms with van der Waals surface area (Å²) in [6, 6.07) is 15.3. The first-order valence-electron chi connectivity index (χ1n) is 22.2. The molecule has 0 saturated carbocycles. The third kappa shape index (κ3) is 27.4. The molecule has 0 heterocycles. The van der Waals surface area contributed by atoms with E-state index in [-0.39, 0.29) is 55.7 Å². The summed E-state index contributed by atoms with van der Waals surface area (Å²) in [4.78, 5) is 46.1. The average molecular weight is 859 g/mol. The molecule has 12 nitrogen and oxygen atoms in total. The van der Waals surface area contributed by atoms with Gasteiger partial charge in [0, 0.05) is 31.1 Å². The van der Waals surface area contributed by atoms with Crippen molar-refractivity contribution in [2.45, 2.75) is 151 Å². The number of carbonyl (C=O) groups is 4. The highest BCUT2D eigenvalue weighted by atomic mass is 16.6. The first-order chi connectivity index (χ1) is 28.8. The lowest BCUT2D eigenvalue weighted by atomic mass is 9.78. The second kappa shape index (κ2) is 30.8. The summed E-state index contributed by atoms with van der Waals surface area (Å²) < 4.78 is 31.8. The van der Waals surface area contributed by atoms with Gasteiger partial charge in [0.05, 0.1) is 13.2 Å². The quantitative estimate of drug-likeness (QED) is 0.0454.